The van der Waals surface area contributed by atoms with Crippen molar-refractivity contribution in [2.75, 3.05) is 18.1 Å². The fourth-order valence-electron chi connectivity index (χ4n) is 2.41. The predicted octanol–water partition coefficient (Wildman–Crippen LogP) is 2.63. The van der Waals surface area contributed by atoms with Gasteiger partial charge < -0.3 is 10.4 Å². The molecule has 1 fully saturated rings. The minimum absolute atomic E-state index is 0.232. The molecule has 0 bridgehead atoms. The van der Waals surface area contributed by atoms with Crippen LogP contribution in [0.4, 0.5) is 0 Å². The largest absolute Gasteiger partial charge is 0.388 e. The van der Waals surface area contributed by atoms with E-state index >= 15 is 0 Å². The summed E-state index contributed by atoms with van der Waals surface area (Å²) in [5.74, 6) is 2.51. The van der Waals surface area contributed by atoms with Gasteiger partial charge in [-0.15, -0.1) is 0 Å². The monoisotopic (exact) mass is 280 g/mol. The topological polar surface area (TPSA) is 45.1 Å². The Balaban J connectivity index is 1.98. The van der Waals surface area contributed by atoms with Crippen molar-refractivity contribution in [1.29, 1.82) is 0 Å². The fraction of sp³-hybridized carbons (Fsp3) is 0.667. The van der Waals surface area contributed by atoms with Crippen molar-refractivity contribution in [3.05, 3.63) is 30.1 Å². The lowest BCUT2D eigenvalue weighted by Gasteiger charge is -2.27. The van der Waals surface area contributed by atoms with Crippen molar-refractivity contribution in [3.8, 4) is 0 Å². The Morgan fingerprint density at radius 3 is 2.89 bits per heavy atom. The van der Waals surface area contributed by atoms with Crippen LogP contribution in [0.2, 0.25) is 0 Å². The van der Waals surface area contributed by atoms with Gasteiger partial charge in [-0.1, -0.05) is 19.9 Å². The second-order valence-electron chi connectivity index (χ2n) is 5.84. The van der Waals surface area contributed by atoms with Crippen LogP contribution in [0.15, 0.2) is 24.4 Å². The van der Waals surface area contributed by atoms with Gasteiger partial charge in [-0.3, -0.25) is 4.98 Å². The van der Waals surface area contributed by atoms with Crippen LogP contribution in [0, 0.1) is 5.92 Å². The molecule has 2 N–H and O–H groups in total. The van der Waals surface area contributed by atoms with Crippen molar-refractivity contribution >= 4 is 11.8 Å². The number of aliphatic hydroxyl groups is 1. The predicted molar refractivity (Wildman–Crippen MR) is 81.3 cm³/mol. The van der Waals surface area contributed by atoms with Crippen LogP contribution in [0.25, 0.3) is 0 Å². The molecule has 1 aromatic heterocycles. The molecule has 2 rings (SSSR count). The SMILES string of the molecule is CC(C)CC(NCC1(O)CCSC1)c1ccccn1. The average Bonchev–Trinajstić information content (AvgIpc) is 2.83. The van der Waals surface area contributed by atoms with Crippen molar-refractivity contribution in [1.82, 2.24) is 10.3 Å². The molecule has 0 saturated carbocycles. The number of thioether (sulfide) groups is 1. The van der Waals surface area contributed by atoms with Crippen LogP contribution in [0.1, 0.15) is 38.4 Å². The first-order chi connectivity index (χ1) is 9.09. The summed E-state index contributed by atoms with van der Waals surface area (Å²) in [4.78, 5) is 4.45. The first-order valence-corrected chi connectivity index (χ1v) is 8.19. The first-order valence-electron chi connectivity index (χ1n) is 7.03. The maximum atomic E-state index is 10.4. The van der Waals surface area contributed by atoms with E-state index in [2.05, 4.69) is 30.2 Å². The zero-order valence-corrected chi connectivity index (χ0v) is 12.6. The Kier molecular flexibility index (Phi) is 5.25. The van der Waals surface area contributed by atoms with E-state index in [-0.39, 0.29) is 6.04 Å². The number of hydrogen-bond acceptors (Lipinski definition) is 4. The number of pyridine rings is 1. The van der Waals surface area contributed by atoms with Gasteiger partial charge in [-0.2, -0.15) is 11.8 Å². The zero-order chi connectivity index (χ0) is 13.7. The molecule has 106 valence electrons. The molecule has 0 aliphatic carbocycles. The van der Waals surface area contributed by atoms with Gasteiger partial charge in [0.2, 0.25) is 0 Å². The molecular weight excluding hydrogens is 256 g/mol. The summed E-state index contributed by atoms with van der Waals surface area (Å²) >= 11 is 1.84. The Hall–Kier alpha value is -0.580. The van der Waals surface area contributed by atoms with Gasteiger partial charge in [-0.05, 0) is 36.6 Å². The zero-order valence-electron chi connectivity index (χ0n) is 11.8. The number of nitrogens with one attached hydrogen (secondary N) is 1. The lowest BCUT2D eigenvalue weighted by atomic mass is 9.98. The smallest absolute Gasteiger partial charge is 0.0869 e. The third-order valence-electron chi connectivity index (χ3n) is 3.51. The minimum atomic E-state index is -0.533. The highest BCUT2D eigenvalue weighted by molar-refractivity contribution is 7.99. The summed E-state index contributed by atoms with van der Waals surface area (Å²) in [6.07, 6.45) is 3.77. The highest BCUT2D eigenvalue weighted by Gasteiger charge is 2.32. The number of rotatable bonds is 6. The van der Waals surface area contributed by atoms with Crippen molar-refractivity contribution < 1.29 is 5.11 Å². The van der Waals surface area contributed by atoms with Crippen LogP contribution in [-0.4, -0.2) is 33.7 Å². The van der Waals surface area contributed by atoms with Gasteiger partial charge >= 0.3 is 0 Å². The van der Waals surface area contributed by atoms with Crippen LogP contribution < -0.4 is 5.32 Å². The van der Waals surface area contributed by atoms with E-state index in [0.29, 0.717) is 12.5 Å². The van der Waals surface area contributed by atoms with E-state index < -0.39 is 5.60 Å². The maximum Gasteiger partial charge on any atom is 0.0869 e. The molecule has 19 heavy (non-hydrogen) atoms. The van der Waals surface area contributed by atoms with Gasteiger partial charge in [0.25, 0.3) is 0 Å². The van der Waals surface area contributed by atoms with E-state index in [9.17, 15) is 5.11 Å². The minimum Gasteiger partial charge on any atom is -0.388 e. The molecule has 1 aliphatic rings. The third kappa shape index (κ3) is 4.48. The molecule has 2 heterocycles. The third-order valence-corrected chi connectivity index (χ3v) is 4.75. The number of hydrogen-bond donors (Lipinski definition) is 2. The molecule has 2 unspecified atom stereocenters. The molecule has 0 spiro atoms. The molecule has 0 radical (unpaired) electrons. The summed E-state index contributed by atoms with van der Waals surface area (Å²) in [7, 11) is 0. The first kappa shape index (κ1) is 14.8. The molecule has 1 saturated heterocycles. The van der Waals surface area contributed by atoms with Crippen molar-refractivity contribution in [2.45, 2.75) is 38.3 Å². The molecule has 0 amide bonds. The van der Waals surface area contributed by atoms with E-state index in [1.807, 2.05) is 30.1 Å². The normalized spacial score (nSPS) is 24.8. The Morgan fingerprint density at radius 1 is 1.47 bits per heavy atom. The lowest BCUT2D eigenvalue weighted by Crippen LogP contribution is -2.42. The van der Waals surface area contributed by atoms with Gasteiger partial charge in [0.15, 0.2) is 0 Å². The lowest BCUT2D eigenvalue weighted by molar-refractivity contribution is 0.0634. The molecule has 1 aliphatic heterocycles. The Labute approximate surface area is 120 Å². The van der Waals surface area contributed by atoms with E-state index in [4.69, 9.17) is 0 Å². The molecule has 2 atom stereocenters. The van der Waals surface area contributed by atoms with Crippen molar-refractivity contribution in [2.24, 2.45) is 5.92 Å². The van der Waals surface area contributed by atoms with Crippen LogP contribution in [0.3, 0.4) is 0 Å². The Morgan fingerprint density at radius 2 is 2.32 bits per heavy atom. The number of aromatic nitrogens is 1. The quantitative estimate of drug-likeness (QED) is 0.841. The summed E-state index contributed by atoms with van der Waals surface area (Å²) in [5.41, 5.74) is 0.541. The molecule has 4 heteroatoms. The van der Waals surface area contributed by atoms with E-state index in [1.165, 1.54) is 0 Å². The average molecular weight is 280 g/mol. The standard InChI is InChI=1S/C15H24N2OS/c1-12(2)9-14(13-5-3-4-7-16-13)17-10-15(18)6-8-19-11-15/h3-5,7,12,14,17-18H,6,8-11H2,1-2H3. The summed E-state index contributed by atoms with van der Waals surface area (Å²) in [6.45, 7) is 5.10. The number of nitrogens with zero attached hydrogens (tertiary/aromatic N) is 1. The Bertz CT molecular complexity index is 377. The van der Waals surface area contributed by atoms with Gasteiger partial charge in [0.1, 0.15) is 0 Å². The van der Waals surface area contributed by atoms with E-state index in [1.54, 1.807) is 0 Å². The highest BCUT2D eigenvalue weighted by atomic mass is 32.2. The second-order valence-corrected chi connectivity index (χ2v) is 6.95. The van der Waals surface area contributed by atoms with Crippen LogP contribution in [0.5, 0.6) is 0 Å². The van der Waals surface area contributed by atoms with E-state index in [0.717, 1.165) is 30.0 Å². The molecule has 3 nitrogen and oxygen atoms in total. The molecular formula is C15H24N2OS. The maximum absolute atomic E-state index is 10.4. The summed E-state index contributed by atoms with van der Waals surface area (Å²) in [5, 5.41) is 13.9. The highest BCUT2D eigenvalue weighted by Crippen LogP contribution is 2.28. The van der Waals surface area contributed by atoms with Crippen LogP contribution in [-0.2, 0) is 0 Å². The van der Waals surface area contributed by atoms with Gasteiger partial charge in [0, 0.05) is 24.5 Å². The van der Waals surface area contributed by atoms with Gasteiger partial charge in [-0.25, -0.2) is 0 Å². The second kappa shape index (κ2) is 6.73. The van der Waals surface area contributed by atoms with Crippen LogP contribution >= 0.6 is 11.8 Å². The summed E-state index contributed by atoms with van der Waals surface area (Å²) in [6, 6.07) is 6.26. The fourth-order valence-corrected chi connectivity index (χ4v) is 3.71. The van der Waals surface area contributed by atoms with Crippen molar-refractivity contribution in [3.63, 3.8) is 0 Å². The van der Waals surface area contributed by atoms with Gasteiger partial charge in [0.05, 0.1) is 11.3 Å². The molecule has 0 aromatic carbocycles. The molecule has 1 aromatic rings. The summed E-state index contributed by atoms with van der Waals surface area (Å²) < 4.78 is 0.